The van der Waals surface area contributed by atoms with Crippen LogP contribution in [0.25, 0.3) is 0 Å². The van der Waals surface area contributed by atoms with Crippen LogP contribution in [0.15, 0.2) is 18.2 Å². The first-order valence-electron chi connectivity index (χ1n) is 6.35. The molecule has 3 N–H and O–H groups in total. The molecule has 3 nitrogen and oxygen atoms in total. The maximum Gasteiger partial charge on any atom is 0.0594 e. The highest BCUT2D eigenvalue weighted by molar-refractivity contribution is 5.32. The second-order valence-electron chi connectivity index (χ2n) is 4.95. The number of nitrogens with one attached hydrogen (secondary N) is 1. The normalized spacial score (nSPS) is 21.7. The summed E-state index contributed by atoms with van der Waals surface area (Å²) in [7, 11) is 0. The molecule has 3 heteroatoms. The first kappa shape index (κ1) is 12.6. The van der Waals surface area contributed by atoms with Crippen molar-refractivity contribution in [2.24, 2.45) is 5.84 Å². The Balaban J connectivity index is 2.10. The number of rotatable bonds is 4. The largest absolute Gasteiger partial charge is 0.378 e. The van der Waals surface area contributed by atoms with Crippen molar-refractivity contribution in [3.05, 3.63) is 34.9 Å². The summed E-state index contributed by atoms with van der Waals surface area (Å²) in [6, 6.07) is 6.71. The molecule has 1 aromatic carbocycles. The third-order valence-corrected chi connectivity index (χ3v) is 3.52. The van der Waals surface area contributed by atoms with Crippen molar-refractivity contribution in [2.75, 3.05) is 6.61 Å². The van der Waals surface area contributed by atoms with Gasteiger partial charge < -0.3 is 4.74 Å². The minimum atomic E-state index is 0.193. The van der Waals surface area contributed by atoms with E-state index in [1.54, 1.807) is 0 Å². The van der Waals surface area contributed by atoms with E-state index in [0.717, 1.165) is 19.4 Å². The van der Waals surface area contributed by atoms with Crippen LogP contribution in [0.5, 0.6) is 0 Å². The number of hydrazine groups is 1. The average Bonchev–Trinajstić information content (AvgIpc) is 2.79. The summed E-state index contributed by atoms with van der Waals surface area (Å²) in [5.74, 6) is 5.68. The fraction of sp³-hybridized carbons (Fsp3) is 0.571. The molecular weight excluding hydrogens is 212 g/mol. The molecule has 94 valence electrons. The molecule has 0 amide bonds. The Morgan fingerprint density at radius 2 is 2.29 bits per heavy atom. The van der Waals surface area contributed by atoms with Crippen molar-refractivity contribution in [3.8, 4) is 0 Å². The summed E-state index contributed by atoms with van der Waals surface area (Å²) in [5.41, 5.74) is 6.80. The molecule has 0 bridgehead atoms. The zero-order valence-electron chi connectivity index (χ0n) is 10.7. The van der Waals surface area contributed by atoms with E-state index in [4.69, 9.17) is 10.6 Å². The van der Waals surface area contributed by atoms with Crippen molar-refractivity contribution in [1.29, 1.82) is 0 Å². The predicted molar refractivity (Wildman–Crippen MR) is 69.6 cm³/mol. The molecule has 0 saturated carbocycles. The van der Waals surface area contributed by atoms with Crippen molar-refractivity contribution >= 4 is 0 Å². The van der Waals surface area contributed by atoms with Gasteiger partial charge in [-0.1, -0.05) is 23.8 Å². The average molecular weight is 234 g/mol. The van der Waals surface area contributed by atoms with E-state index in [0.29, 0.717) is 6.10 Å². The molecule has 2 atom stereocenters. The molecule has 0 spiro atoms. The number of ether oxygens (including phenoxy) is 1. The fourth-order valence-electron chi connectivity index (χ4n) is 2.59. The minimum Gasteiger partial charge on any atom is -0.378 e. The molecule has 1 aliphatic heterocycles. The third kappa shape index (κ3) is 3.06. The minimum absolute atomic E-state index is 0.193. The van der Waals surface area contributed by atoms with Crippen LogP contribution in [0.4, 0.5) is 0 Å². The van der Waals surface area contributed by atoms with Gasteiger partial charge in [0.2, 0.25) is 0 Å². The van der Waals surface area contributed by atoms with Gasteiger partial charge in [0, 0.05) is 12.6 Å². The molecule has 2 unspecified atom stereocenters. The molecule has 0 radical (unpaired) electrons. The van der Waals surface area contributed by atoms with Gasteiger partial charge in [-0.25, -0.2) is 0 Å². The molecule has 1 heterocycles. The summed E-state index contributed by atoms with van der Waals surface area (Å²) < 4.78 is 5.67. The number of benzene rings is 1. The van der Waals surface area contributed by atoms with Crippen molar-refractivity contribution < 1.29 is 4.74 Å². The molecular formula is C14H22N2O. The number of hydrogen-bond donors (Lipinski definition) is 2. The lowest BCUT2D eigenvalue weighted by Crippen LogP contribution is -2.31. The van der Waals surface area contributed by atoms with E-state index in [1.807, 2.05) is 0 Å². The molecule has 0 aromatic heterocycles. The van der Waals surface area contributed by atoms with Gasteiger partial charge in [0.1, 0.15) is 0 Å². The number of hydrogen-bond acceptors (Lipinski definition) is 3. The molecule has 2 rings (SSSR count). The number of nitrogens with two attached hydrogens (primary N) is 1. The second-order valence-corrected chi connectivity index (χ2v) is 4.95. The Kier molecular flexibility index (Phi) is 4.15. The lowest BCUT2D eigenvalue weighted by Gasteiger charge is -2.21. The van der Waals surface area contributed by atoms with Gasteiger partial charge in [-0.2, -0.15) is 0 Å². The van der Waals surface area contributed by atoms with Gasteiger partial charge in [-0.15, -0.1) is 0 Å². The lowest BCUT2D eigenvalue weighted by atomic mass is 9.95. The highest BCUT2D eigenvalue weighted by Gasteiger charge is 2.22. The van der Waals surface area contributed by atoms with Gasteiger partial charge in [-0.05, 0) is 44.2 Å². The van der Waals surface area contributed by atoms with Gasteiger partial charge in [0.25, 0.3) is 0 Å². The Labute approximate surface area is 103 Å². The summed E-state index contributed by atoms with van der Waals surface area (Å²) in [4.78, 5) is 0. The Hall–Kier alpha value is -0.900. The molecule has 0 aliphatic carbocycles. The van der Waals surface area contributed by atoms with Crippen LogP contribution in [0.2, 0.25) is 0 Å². The predicted octanol–water partition coefficient (Wildman–Crippen LogP) is 2.38. The topological polar surface area (TPSA) is 47.3 Å². The van der Waals surface area contributed by atoms with E-state index in [-0.39, 0.29) is 6.04 Å². The maximum absolute atomic E-state index is 5.68. The number of aryl methyl sites for hydroxylation is 2. The van der Waals surface area contributed by atoms with Gasteiger partial charge in [0.05, 0.1) is 6.10 Å². The van der Waals surface area contributed by atoms with E-state index in [1.165, 1.54) is 23.1 Å². The first-order valence-corrected chi connectivity index (χ1v) is 6.35. The fourth-order valence-corrected chi connectivity index (χ4v) is 2.59. The zero-order valence-corrected chi connectivity index (χ0v) is 10.7. The molecule has 1 aromatic rings. The summed E-state index contributed by atoms with van der Waals surface area (Å²) >= 11 is 0. The van der Waals surface area contributed by atoms with E-state index < -0.39 is 0 Å². The van der Waals surface area contributed by atoms with Crippen molar-refractivity contribution in [1.82, 2.24) is 5.43 Å². The van der Waals surface area contributed by atoms with Crippen LogP contribution in [0, 0.1) is 13.8 Å². The Morgan fingerprint density at radius 1 is 1.47 bits per heavy atom. The molecule has 1 aliphatic rings. The maximum atomic E-state index is 5.68. The standard InChI is InChI=1S/C14H22N2O/c1-10-5-6-13(11(2)8-10)14(16-15)9-12-4-3-7-17-12/h5-6,8,12,14,16H,3-4,7,9,15H2,1-2H3. The van der Waals surface area contributed by atoms with Crippen LogP contribution in [0.3, 0.4) is 0 Å². The molecule has 17 heavy (non-hydrogen) atoms. The second kappa shape index (κ2) is 5.63. The van der Waals surface area contributed by atoms with Gasteiger partial charge in [-0.3, -0.25) is 11.3 Å². The summed E-state index contributed by atoms with van der Waals surface area (Å²) in [6.07, 6.45) is 3.65. The highest BCUT2D eigenvalue weighted by Crippen LogP contribution is 2.26. The zero-order chi connectivity index (χ0) is 12.3. The molecule has 1 saturated heterocycles. The smallest absolute Gasteiger partial charge is 0.0594 e. The highest BCUT2D eigenvalue weighted by atomic mass is 16.5. The van der Waals surface area contributed by atoms with Crippen LogP contribution >= 0.6 is 0 Å². The van der Waals surface area contributed by atoms with Crippen LogP contribution < -0.4 is 11.3 Å². The van der Waals surface area contributed by atoms with E-state index in [2.05, 4.69) is 37.5 Å². The van der Waals surface area contributed by atoms with Gasteiger partial charge in [0.15, 0.2) is 0 Å². The Morgan fingerprint density at radius 3 is 2.88 bits per heavy atom. The summed E-state index contributed by atoms with van der Waals surface area (Å²) in [6.45, 7) is 5.15. The van der Waals surface area contributed by atoms with E-state index in [9.17, 15) is 0 Å². The van der Waals surface area contributed by atoms with Crippen LogP contribution in [-0.2, 0) is 4.74 Å². The first-order chi connectivity index (χ1) is 8.20. The van der Waals surface area contributed by atoms with Gasteiger partial charge >= 0.3 is 0 Å². The van der Waals surface area contributed by atoms with Crippen LogP contribution in [0.1, 0.15) is 42.0 Å². The SMILES string of the molecule is Cc1ccc(C(CC2CCCO2)NN)c(C)c1. The van der Waals surface area contributed by atoms with Crippen molar-refractivity contribution in [3.63, 3.8) is 0 Å². The van der Waals surface area contributed by atoms with E-state index >= 15 is 0 Å². The monoisotopic (exact) mass is 234 g/mol. The molecule has 1 fully saturated rings. The lowest BCUT2D eigenvalue weighted by molar-refractivity contribution is 0.0945. The third-order valence-electron chi connectivity index (χ3n) is 3.52. The van der Waals surface area contributed by atoms with Crippen molar-refractivity contribution in [2.45, 2.75) is 45.3 Å². The quantitative estimate of drug-likeness (QED) is 0.621. The Bertz CT molecular complexity index is 372. The summed E-state index contributed by atoms with van der Waals surface area (Å²) in [5, 5.41) is 0. The van der Waals surface area contributed by atoms with Crippen LogP contribution in [-0.4, -0.2) is 12.7 Å².